The molecule has 166 valence electrons. The van der Waals surface area contributed by atoms with E-state index in [2.05, 4.69) is 82.0 Å². The fraction of sp³-hybridized carbons (Fsp3) is 0.571. The molecule has 2 aromatic rings. The molecular weight excluding hydrogens is 392 g/mol. The van der Waals surface area contributed by atoms with E-state index in [-0.39, 0.29) is 0 Å². The average Bonchev–Trinajstić information content (AvgIpc) is 2.74. The number of benzene rings is 2. The van der Waals surface area contributed by atoms with E-state index in [1.54, 1.807) is 10.4 Å². The average molecular weight is 439 g/mol. The van der Waals surface area contributed by atoms with Crippen molar-refractivity contribution in [1.29, 1.82) is 0 Å². The molecule has 0 aliphatic carbocycles. The Bertz CT molecular complexity index is 645. The minimum absolute atomic E-state index is 0.651. The summed E-state index contributed by atoms with van der Waals surface area (Å²) in [7, 11) is -2.29. The zero-order valence-corrected chi connectivity index (χ0v) is 22.6. The van der Waals surface area contributed by atoms with Crippen molar-refractivity contribution in [2.75, 3.05) is 0 Å². The Morgan fingerprint density at radius 3 is 1.33 bits per heavy atom. The van der Waals surface area contributed by atoms with Gasteiger partial charge in [0, 0.05) is 8.80 Å². The summed E-state index contributed by atoms with van der Waals surface area (Å²) >= 11 is 0. The highest BCUT2D eigenvalue weighted by molar-refractivity contribution is 7.06. The summed E-state index contributed by atoms with van der Waals surface area (Å²) in [6, 6.07) is 19.6. The van der Waals surface area contributed by atoms with E-state index in [1.165, 1.54) is 81.0 Å². The van der Waals surface area contributed by atoms with Gasteiger partial charge < -0.3 is 0 Å². The monoisotopic (exact) mass is 438 g/mol. The zero-order valence-electron chi connectivity index (χ0n) is 20.5. The molecule has 0 amide bonds. The first-order valence-electron chi connectivity index (χ1n) is 12.7. The summed E-state index contributed by atoms with van der Waals surface area (Å²) in [6.45, 7) is 12.2. The van der Waals surface area contributed by atoms with Gasteiger partial charge in [-0.3, -0.25) is 0 Å². The molecule has 2 aromatic carbocycles. The van der Waals surface area contributed by atoms with Crippen molar-refractivity contribution in [3.05, 3.63) is 59.7 Å². The first-order chi connectivity index (χ1) is 14.5. The maximum absolute atomic E-state index is 2.62. The molecule has 30 heavy (non-hydrogen) atoms. The van der Waals surface area contributed by atoms with Crippen LogP contribution in [0.3, 0.4) is 0 Å². The van der Waals surface area contributed by atoms with Crippen molar-refractivity contribution >= 4 is 27.2 Å². The van der Waals surface area contributed by atoms with Crippen LogP contribution in [-0.2, 0) is 12.8 Å². The smallest absolute Gasteiger partial charge is 0.0724 e. The molecule has 0 nitrogen and oxygen atoms in total. The van der Waals surface area contributed by atoms with Crippen molar-refractivity contribution in [2.45, 2.75) is 103 Å². The Morgan fingerprint density at radius 2 is 1.00 bits per heavy atom. The molecule has 0 atom stereocenters. The fourth-order valence-corrected chi connectivity index (χ4v) is 15.4. The highest BCUT2D eigenvalue weighted by Crippen LogP contribution is 2.16. The first kappa shape index (κ1) is 25.1. The highest BCUT2D eigenvalue weighted by Gasteiger charge is 2.32. The Labute approximate surface area is 190 Å². The van der Waals surface area contributed by atoms with Gasteiger partial charge in [0.25, 0.3) is 0 Å². The minimum Gasteiger partial charge on any atom is -0.0724 e. The molecule has 2 rings (SSSR count). The van der Waals surface area contributed by atoms with E-state index in [0.29, 0.717) is 0 Å². The van der Waals surface area contributed by atoms with Crippen LogP contribution >= 0.6 is 0 Å². The zero-order chi connectivity index (χ0) is 21.8. The lowest BCUT2D eigenvalue weighted by atomic mass is 10.1. The van der Waals surface area contributed by atoms with Gasteiger partial charge in [-0.05, 0) is 36.8 Å². The van der Waals surface area contributed by atoms with Crippen LogP contribution in [0.15, 0.2) is 48.5 Å². The van der Waals surface area contributed by atoms with Crippen molar-refractivity contribution in [3.63, 3.8) is 0 Å². The Kier molecular flexibility index (Phi) is 11.2. The third kappa shape index (κ3) is 7.85. The number of hydrogen-bond donors (Lipinski definition) is 0. The number of hydrogen-bond acceptors (Lipinski definition) is 0. The van der Waals surface area contributed by atoms with Gasteiger partial charge in [0.05, 0.1) is 0 Å². The molecular formula is C28H46Si2. The molecule has 0 heterocycles. The summed E-state index contributed by atoms with van der Waals surface area (Å²) in [6.07, 6.45) is 13.3. The van der Waals surface area contributed by atoms with E-state index >= 15 is 0 Å². The fourth-order valence-electron chi connectivity index (χ4n) is 4.81. The number of aryl methyl sites for hydroxylation is 2. The van der Waals surface area contributed by atoms with Crippen molar-refractivity contribution in [2.24, 2.45) is 0 Å². The van der Waals surface area contributed by atoms with E-state index in [1.807, 2.05) is 0 Å². The molecule has 0 saturated heterocycles. The van der Waals surface area contributed by atoms with Crippen LogP contribution < -0.4 is 10.4 Å². The first-order valence-corrected chi connectivity index (χ1v) is 18.5. The van der Waals surface area contributed by atoms with Crippen molar-refractivity contribution in [3.8, 4) is 0 Å². The van der Waals surface area contributed by atoms with Gasteiger partial charge in [-0.1, -0.05) is 137 Å². The molecule has 0 N–H and O–H groups in total. The van der Waals surface area contributed by atoms with E-state index < -0.39 is 16.9 Å². The van der Waals surface area contributed by atoms with Crippen LogP contribution in [-0.4, -0.2) is 16.9 Å². The Balaban J connectivity index is 2.12. The molecule has 0 aliphatic rings. The normalized spacial score (nSPS) is 11.9. The Morgan fingerprint density at radius 1 is 0.600 bits per heavy atom. The molecule has 0 aromatic heterocycles. The number of rotatable bonds is 14. The lowest BCUT2D eigenvalue weighted by molar-refractivity contribution is 0.667. The number of unbranched alkanes of at least 4 members (excludes halogenated alkanes) is 6. The molecule has 0 bridgehead atoms. The van der Waals surface area contributed by atoms with E-state index in [9.17, 15) is 0 Å². The lowest BCUT2D eigenvalue weighted by Crippen LogP contribution is -2.57. The van der Waals surface area contributed by atoms with Crippen LogP contribution in [0.5, 0.6) is 0 Å². The van der Waals surface area contributed by atoms with Gasteiger partial charge >= 0.3 is 0 Å². The maximum Gasteiger partial charge on any atom is 0.112 e. The van der Waals surface area contributed by atoms with Gasteiger partial charge in [-0.2, -0.15) is 0 Å². The summed E-state index contributed by atoms with van der Waals surface area (Å²) < 4.78 is 0. The third-order valence-electron chi connectivity index (χ3n) is 6.64. The predicted octanol–water partition coefficient (Wildman–Crippen LogP) is 7.15. The second-order valence-corrected chi connectivity index (χ2v) is 18.2. The molecule has 0 unspecified atom stereocenters. The van der Waals surface area contributed by atoms with Crippen LogP contribution in [0.1, 0.15) is 76.3 Å². The topological polar surface area (TPSA) is 0 Å². The van der Waals surface area contributed by atoms with Crippen molar-refractivity contribution < 1.29 is 0 Å². The van der Waals surface area contributed by atoms with Crippen LogP contribution in [0.2, 0.25) is 25.3 Å². The van der Waals surface area contributed by atoms with Gasteiger partial charge in [-0.15, -0.1) is 0 Å². The second-order valence-electron chi connectivity index (χ2n) is 9.95. The summed E-state index contributed by atoms with van der Waals surface area (Å²) in [5, 5.41) is 3.27. The van der Waals surface area contributed by atoms with Gasteiger partial charge in [0.15, 0.2) is 0 Å². The lowest BCUT2D eigenvalue weighted by Gasteiger charge is -2.30. The standard InChI is InChI=1S/C28H46Si2/c1-6-8-10-12-14-25-16-20-27(21-17-25)30(5,24-29(3)4)28-22-18-26(19-23-28)15-13-11-9-7-2/h16-23,29H,6-15,24H2,1-5H3. The molecule has 2 heteroatoms. The van der Waals surface area contributed by atoms with Crippen LogP contribution in [0, 0.1) is 0 Å². The highest BCUT2D eigenvalue weighted by atomic mass is 28.4. The quantitative estimate of drug-likeness (QED) is 0.217. The maximum atomic E-state index is 2.62. The Hall–Kier alpha value is -1.13. The molecule has 0 fully saturated rings. The van der Waals surface area contributed by atoms with Crippen LogP contribution in [0.25, 0.3) is 0 Å². The van der Waals surface area contributed by atoms with Crippen molar-refractivity contribution in [1.82, 2.24) is 0 Å². The molecule has 0 radical (unpaired) electrons. The second kappa shape index (κ2) is 13.3. The molecule has 0 spiro atoms. The summed E-state index contributed by atoms with van der Waals surface area (Å²) in [5.41, 5.74) is 4.50. The molecule has 0 saturated carbocycles. The predicted molar refractivity (Wildman–Crippen MR) is 143 cm³/mol. The van der Waals surface area contributed by atoms with Gasteiger partial charge in [0.1, 0.15) is 8.07 Å². The van der Waals surface area contributed by atoms with E-state index in [0.717, 1.165) is 0 Å². The van der Waals surface area contributed by atoms with Gasteiger partial charge in [-0.25, -0.2) is 0 Å². The summed E-state index contributed by atoms with van der Waals surface area (Å²) in [4.78, 5) is 0. The minimum atomic E-state index is -1.64. The van der Waals surface area contributed by atoms with Gasteiger partial charge in [0.2, 0.25) is 0 Å². The van der Waals surface area contributed by atoms with E-state index in [4.69, 9.17) is 0 Å². The molecule has 0 aliphatic heterocycles. The SMILES string of the molecule is CCCCCCc1ccc([Si](C)(C[SiH](C)C)c2ccc(CCCCCC)cc2)cc1. The largest absolute Gasteiger partial charge is 0.112 e. The van der Waals surface area contributed by atoms with Crippen LogP contribution in [0.4, 0.5) is 0 Å². The summed E-state index contributed by atoms with van der Waals surface area (Å²) in [5.74, 6) is 0. The third-order valence-corrected chi connectivity index (χ3v) is 16.4.